The van der Waals surface area contributed by atoms with Gasteiger partial charge < -0.3 is 31.9 Å². The molecule has 10 heteroatoms. The lowest BCUT2D eigenvalue weighted by Crippen LogP contribution is -2.49. The summed E-state index contributed by atoms with van der Waals surface area (Å²) in [6, 6.07) is 4.32. The number of hydrogen-bond acceptors (Lipinski definition) is 6. The van der Waals surface area contributed by atoms with Gasteiger partial charge in [-0.25, -0.2) is 4.79 Å². The number of carbonyl (C=O) groups is 4. The van der Waals surface area contributed by atoms with Gasteiger partial charge in [-0.1, -0.05) is 26.0 Å². The van der Waals surface area contributed by atoms with E-state index in [-0.39, 0.29) is 31.1 Å². The van der Waals surface area contributed by atoms with Gasteiger partial charge in [0.1, 0.15) is 11.8 Å². The fraction of sp³-hybridized carbons (Fsp3) is 0.474. The van der Waals surface area contributed by atoms with E-state index in [1.165, 1.54) is 12.1 Å². The van der Waals surface area contributed by atoms with E-state index in [0.29, 0.717) is 0 Å². The van der Waals surface area contributed by atoms with Crippen LogP contribution in [0.5, 0.6) is 5.75 Å². The first-order valence-electron chi connectivity index (χ1n) is 9.18. The zero-order valence-corrected chi connectivity index (χ0v) is 16.5. The van der Waals surface area contributed by atoms with Crippen molar-refractivity contribution in [2.24, 2.45) is 11.7 Å². The predicted octanol–water partition coefficient (Wildman–Crippen LogP) is -0.890. The van der Waals surface area contributed by atoms with Crippen molar-refractivity contribution < 1.29 is 29.4 Å². The summed E-state index contributed by atoms with van der Waals surface area (Å²) < 4.78 is 0. The summed E-state index contributed by atoms with van der Waals surface area (Å²) in [5, 5.41) is 25.3. The Bertz CT molecular complexity index is 720. The molecule has 0 aliphatic carbocycles. The van der Waals surface area contributed by atoms with E-state index in [4.69, 9.17) is 10.8 Å². The number of phenolic OH excluding ortho intramolecular Hbond substituents is 1. The van der Waals surface area contributed by atoms with Crippen molar-refractivity contribution in [2.75, 3.05) is 13.1 Å². The van der Waals surface area contributed by atoms with E-state index < -0.39 is 42.3 Å². The van der Waals surface area contributed by atoms with Crippen molar-refractivity contribution in [1.82, 2.24) is 16.0 Å². The molecule has 0 spiro atoms. The average molecular weight is 408 g/mol. The van der Waals surface area contributed by atoms with Crippen LogP contribution in [0.25, 0.3) is 0 Å². The van der Waals surface area contributed by atoms with Gasteiger partial charge in [0.2, 0.25) is 17.7 Å². The molecule has 1 aromatic carbocycles. The molecule has 0 aliphatic heterocycles. The summed E-state index contributed by atoms with van der Waals surface area (Å²) in [7, 11) is 0. The van der Waals surface area contributed by atoms with Crippen LogP contribution in [-0.2, 0) is 25.6 Å². The van der Waals surface area contributed by atoms with Crippen molar-refractivity contribution in [3.8, 4) is 5.75 Å². The lowest BCUT2D eigenvalue weighted by Gasteiger charge is -2.16. The van der Waals surface area contributed by atoms with Crippen LogP contribution in [0.3, 0.4) is 0 Å². The molecular weight excluding hydrogens is 380 g/mol. The highest BCUT2D eigenvalue weighted by Crippen LogP contribution is 2.10. The zero-order chi connectivity index (χ0) is 22.0. The summed E-state index contributed by atoms with van der Waals surface area (Å²) >= 11 is 0. The van der Waals surface area contributed by atoms with Crippen molar-refractivity contribution >= 4 is 23.7 Å². The summed E-state index contributed by atoms with van der Waals surface area (Å²) in [4.78, 5) is 46.7. The summed E-state index contributed by atoms with van der Waals surface area (Å²) in [6.45, 7) is 2.89. The lowest BCUT2D eigenvalue weighted by molar-refractivity contribution is -0.142. The van der Waals surface area contributed by atoms with Crippen LogP contribution in [0.2, 0.25) is 0 Å². The number of carboxylic acids is 1. The van der Waals surface area contributed by atoms with Crippen LogP contribution in [0.4, 0.5) is 0 Å². The molecule has 0 aliphatic rings. The van der Waals surface area contributed by atoms with Crippen molar-refractivity contribution in [3.63, 3.8) is 0 Å². The molecule has 0 heterocycles. The molecule has 2 unspecified atom stereocenters. The Morgan fingerprint density at radius 1 is 1.00 bits per heavy atom. The van der Waals surface area contributed by atoms with Gasteiger partial charge in [0.25, 0.3) is 0 Å². The molecule has 3 amide bonds. The number of rotatable bonds is 11. The second-order valence-corrected chi connectivity index (χ2v) is 7.06. The number of nitrogens with one attached hydrogen (secondary N) is 3. The zero-order valence-electron chi connectivity index (χ0n) is 16.5. The fourth-order valence-electron chi connectivity index (χ4n) is 2.46. The highest BCUT2D eigenvalue weighted by Gasteiger charge is 2.21. The van der Waals surface area contributed by atoms with Crippen LogP contribution in [0.15, 0.2) is 24.3 Å². The number of carboxylic acid groups (broad SMARTS) is 1. The van der Waals surface area contributed by atoms with Gasteiger partial charge in [0, 0.05) is 0 Å². The first-order valence-corrected chi connectivity index (χ1v) is 9.18. The monoisotopic (exact) mass is 408 g/mol. The number of nitrogens with two attached hydrogens (primary N) is 1. The quantitative estimate of drug-likeness (QED) is 0.276. The molecule has 2 atom stereocenters. The minimum atomic E-state index is -1.15. The van der Waals surface area contributed by atoms with Crippen LogP contribution >= 0.6 is 0 Å². The normalized spacial score (nSPS) is 12.7. The SMILES string of the molecule is CC(C)CC(NC(=O)CNC(=O)CNC(=O)C(N)Cc1ccc(O)cc1)C(=O)O. The number of phenols is 1. The van der Waals surface area contributed by atoms with Gasteiger partial charge in [0.15, 0.2) is 0 Å². The maximum atomic E-state index is 12.0. The highest BCUT2D eigenvalue weighted by molar-refractivity contribution is 5.90. The summed E-state index contributed by atoms with van der Waals surface area (Å²) in [5.74, 6) is -2.75. The van der Waals surface area contributed by atoms with E-state index in [9.17, 15) is 24.3 Å². The topological polar surface area (TPSA) is 171 Å². The molecule has 0 aromatic heterocycles. The molecule has 1 aromatic rings. The third kappa shape index (κ3) is 9.56. The van der Waals surface area contributed by atoms with E-state index in [1.807, 2.05) is 13.8 Å². The average Bonchev–Trinajstić information content (AvgIpc) is 2.65. The Morgan fingerprint density at radius 2 is 1.59 bits per heavy atom. The van der Waals surface area contributed by atoms with E-state index >= 15 is 0 Å². The van der Waals surface area contributed by atoms with Gasteiger partial charge in [-0.15, -0.1) is 0 Å². The molecule has 1 rings (SSSR count). The van der Waals surface area contributed by atoms with Gasteiger partial charge in [-0.3, -0.25) is 14.4 Å². The van der Waals surface area contributed by atoms with Crippen molar-refractivity contribution in [3.05, 3.63) is 29.8 Å². The van der Waals surface area contributed by atoms with Crippen LogP contribution < -0.4 is 21.7 Å². The highest BCUT2D eigenvalue weighted by atomic mass is 16.4. The minimum absolute atomic E-state index is 0.0759. The second-order valence-electron chi connectivity index (χ2n) is 7.06. The Kier molecular flexibility index (Phi) is 9.60. The number of benzene rings is 1. The predicted molar refractivity (Wildman–Crippen MR) is 105 cm³/mol. The number of aliphatic carboxylic acids is 1. The number of carbonyl (C=O) groups excluding carboxylic acids is 3. The first-order chi connectivity index (χ1) is 13.6. The second kappa shape index (κ2) is 11.6. The van der Waals surface area contributed by atoms with Crippen molar-refractivity contribution in [2.45, 2.75) is 38.8 Å². The van der Waals surface area contributed by atoms with Crippen LogP contribution in [0, 0.1) is 5.92 Å². The molecule has 7 N–H and O–H groups in total. The van der Waals surface area contributed by atoms with Crippen LogP contribution in [0.1, 0.15) is 25.8 Å². The van der Waals surface area contributed by atoms with Gasteiger partial charge >= 0.3 is 5.97 Å². The number of aromatic hydroxyl groups is 1. The maximum absolute atomic E-state index is 12.0. The first kappa shape index (κ1) is 23.9. The molecule has 160 valence electrons. The molecule has 0 saturated heterocycles. The number of amides is 3. The Labute approximate surface area is 168 Å². The molecule has 0 saturated carbocycles. The van der Waals surface area contributed by atoms with Gasteiger partial charge in [-0.05, 0) is 36.5 Å². The van der Waals surface area contributed by atoms with Gasteiger partial charge in [0.05, 0.1) is 19.1 Å². The van der Waals surface area contributed by atoms with E-state index in [0.717, 1.165) is 5.56 Å². The smallest absolute Gasteiger partial charge is 0.326 e. The molecule has 10 nitrogen and oxygen atoms in total. The van der Waals surface area contributed by atoms with Crippen molar-refractivity contribution in [1.29, 1.82) is 0 Å². The largest absolute Gasteiger partial charge is 0.508 e. The Hall–Kier alpha value is -3.14. The molecular formula is C19H28N4O6. The molecule has 29 heavy (non-hydrogen) atoms. The molecule has 0 radical (unpaired) electrons. The van der Waals surface area contributed by atoms with Crippen LogP contribution in [-0.4, -0.2) is 59.1 Å². The molecule has 0 bridgehead atoms. The third-order valence-electron chi connectivity index (χ3n) is 3.94. The van der Waals surface area contributed by atoms with Gasteiger partial charge in [-0.2, -0.15) is 0 Å². The number of hydrogen-bond donors (Lipinski definition) is 6. The fourth-order valence-corrected chi connectivity index (χ4v) is 2.46. The maximum Gasteiger partial charge on any atom is 0.326 e. The minimum Gasteiger partial charge on any atom is -0.508 e. The summed E-state index contributed by atoms with van der Waals surface area (Å²) in [6.07, 6.45) is 0.493. The Balaban J connectivity index is 2.34. The Morgan fingerprint density at radius 3 is 2.14 bits per heavy atom. The van der Waals surface area contributed by atoms with E-state index in [1.54, 1.807) is 12.1 Å². The lowest BCUT2D eigenvalue weighted by atomic mass is 10.0. The summed E-state index contributed by atoms with van der Waals surface area (Å²) in [5.41, 5.74) is 6.54. The third-order valence-corrected chi connectivity index (χ3v) is 3.94. The molecule has 0 fully saturated rings. The standard InChI is InChI=1S/C19H28N4O6/c1-11(2)7-15(19(28)29)23-17(26)10-21-16(25)9-22-18(27)14(20)8-12-3-5-13(24)6-4-12/h3-6,11,14-15,24H,7-10,20H2,1-2H3,(H,21,25)(H,22,27)(H,23,26)(H,28,29). The van der Waals surface area contributed by atoms with E-state index in [2.05, 4.69) is 16.0 Å².